The van der Waals surface area contributed by atoms with Gasteiger partial charge < -0.3 is 5.32 Å². The van der Waals surface area contributed by atoms with Crippen LogP contribution in [0, 0.1) is 5.92 Å². The van der Waals surface area contributed by atoms with E-state index in [4.69, 9.17) is 0 Å². The first-order valence-corrected chi connectivity index (χ1v) is 9.62. The number of fused-ring (bicyclic) bond motifs is 1. The van der Waals surface area contributed by atoms with Crippen molar-refractivity contribution in [2.75, 3.05) is 0 Å². The van der Waals surface area contributed by atoms with Crippen molar-refractivity contribution in [3.05, 3.63) is 27.7 Å². The minimum absolute atomic E-state index is 0.0533. The van der Waals surface area contributed by atoms with Crippen molar-refractivity contribution < 1.29 is 4.79 Å². The van der Waals surface area contributed by atoms with Gasteiger partial charge in [0.05, 0.1) is 11.7 Å². The quantitative estimate of drug-likeness (QED) is 0.927. The van der Waals surface area contributed by atoms with Crippen LogP contribution in [-0.4, -0.2) is 21.7 Å². The molecule has 0 atom stereocenters. The molecule has 0 spiro atoms. The lowest BCUT2D eigenvalue weighted by molar-refractivity contribution is -0.128. The van der Waals surface area contributed by atoms with Crippen molar-refractivity contribution in [2.24, 2.45) is 5.92 Å². The molecular formula is C19H27N3O2. The molecule has 1 N–H and O–H groups in total. The van der Waals surface area contributed by atoms with Crippen molar-refractivity contribution in [3.8, 4) is 0 Å². The minimum atomic E-state index is 0.0533. The molecule has 0 radical (unpaired) electrons. The fourth-order valence-electron chi connectivity index (χ4n) is 4.29. The van der Waals surface area contributed by atoms with E-state index in [0.717, 1.165) is 62.6 Å². The van der Waals surface area contributed by atoms with Crippen molar-refractivity contribution in [2.45, 2.75) is 82.7 Å². The summed E-state index contributed by atoms with van der Waals surface area (Å²) in [6.45, 7) is 0. The number of nitrogens with zero attached hydrogens (tertiary/aromatic N) is 2. The zero-order valence-electron chi connectivity index (χ0n) is 14.3. The maximum atomic E-state index is 12.4. The molecule has 4 rings (SSSR count). The lowest BCUT2D eigenvalue weighted by atomic mass is 9.84. The first-order valence-electron chi connectivity index (χ1n) is 9.62. The number of carbonyl (C=O) groups excluding carboxylic acids is 1. The van der Waals surface area contributed by atoms with E-state index in [1.165, 1.54) is 19.3 Å². The highest BCUT2D eigenvalue weighted by Crippen LogP contribution is 2.30. The lowest BCUT2D eigenvalue weighted by Crippen LogP contribution is -2.43. The smallest absolute Gasteiger partial charge is 0.267 e. The van der Waals surface area contributed by atoms with Crippen LogP contribution >= 0.6 is 0 Å². The van der Waals surface area contributed by atoms with Gasteiger partial charge in [0.2, 0.25) is 5.91 Å². The average Bonchev–Trinajstić information content (AvgIpc) is 2.53. The minimum Gasteiger partial charge on any atom is -0.353 e. The fraction of sp³-hybridized carbons (Fsp3) is 0.737. The van der Waals surface area contributed by atoms with Crippen LogP contribution in [0.5, 0.6) is 0 Å². The van der Waals surface area contributed by atoms with Crippen LogP contribution < -0.4 is 10.9 Å². The largest absolute Gasteiger partial charge is 0.353 e. The van der Waals surface area contributed by atoms with E-state index in [1.54, 1.807) is 4.68 Å². The van der Waals surface area contributed by atoms with Crippen LogP contribution in [0.15, 0.2) is 10.9 Å². The lowest BCUT2D eigenvalue weighted by Gasteiger charge is -2.32. The summed E-state index contributed by atoms with van der Waals surface area (Å²) in [6.07, 6.45) is 11.4. The number of hydrogen-bond acceptors (Lipinski definition) is 3. The molecule has 0 aliphatic heterocycles. The first-order chi connectivity index (χ1) is 11.7. The van der Waals surface area contributed by atoms with E-state index >= 15 is 0 Å². The van der Waals surface area contributed by atoms with Gasteiger partial charge in [-0.05, 0) is 69.8 Å². The molecule has 5 heteroatoms. The van der Waals surface area contributed by atoms with Gasteiger partial charge in [-0.2, -0.15) is 5.10 Å². The highest BCUT2D eigenvalue weighted by molar-refractivity contribution is 5.79. The Morgan fingerprint density at radius 3 is 2.50 bits per heavy atom. The molecule has 24 heavy (non-hydrogen) atoms. The van der Waals surface area contributed by atoms with E-state index in [0.29, 0.717) is 0 Å². The average molecular weight is 329 g/mol. The Morgan fingerprint density at radius 2 is 1.79 bits per heavy atom. The van der Waals surface area contributed by atoms with E-state index in [2.05, 4.69) is 10.4 Å². The third kappa shape index (κ3) is 3.13. The maximum absolute atomic E-state index is 12.4. The molecule has 3 aliphatic rings. The summed E-state index contributed by atoms with van der Waals surface area (Å²) in [5, 5.41) is 7.90. The summed E-state index contributed by atoms with van der Waals surface area (Å²) in [7, 11) is 0. The Labute approximate surface area is 142 Å². The third-order valence-corrected chi connectivity index (χ3v) is 6.10. The summed E-state index contributed by atoms with van der Waals surface area (Å²) in [4.78, 5) is 24.5. The Balaban J connectivity index is 1.38. The Kier molecular flexibility index (Phi) is 4.42. The summed E-state index contributed by atoms with van der Waals surface area (Å²) in [5.74, 6) is 0.501. The molecule has 0 unspecified atom stereocenters. The van der Waals surface area contributed by atoms with Gasteiger partial charge in [-0.25, -0.2) is 4.68 Å². The summed E-state index contributed by atoms with van der Waals surface area (Å²) < 4.78 is 1.73. The molecule has 2 saturated carbocycles. The van der Waals surface area contributed by atoms with Crippen molar-refractivity contribution in [1.82, 2.24) is 15.1 Å². The van der Waals surface area contributed by atoms with E-state index < -0.39 is 0 Å². The first kappa shape index (κ1) is 15.9. The van der Waals surface area contributed by atoms with Gasteiger partial charge in [0.15, 0.2) is 0 Å². The molecule has 0 saturated heterocycles. The van der Waals surface area contributed by atoms with Crippen LogP contribution in [0.25, 0.3) is 0 Å². The number of hydrogen-bond donors (Lipinski definition) is 1. The van der Waals surface area contributed by atoms with Crippen LogP contribution in [0.3, 0.4) is 0 Å². The number of amides is 1. The van der Waals surface area contributed by atoms with Crippen molar-refractivity contribution in [1.29, 1.82) is 0 Å². The van der Waals surface area contributed by atoms with E-state index in [-0.39, 0.29) is 29.5 Å². The van der Waals surface area contributed by atoms with Crippen molar-refractivity contribution >= 4 is 5.91 Å². The molecular weight excluding hydrogens is 302 g/mol. The van der Waals surface area contributed by atoms with Gasteiger partial charge in [0.25, 0.3) is 5.56 Å². The van der Waals surface area contributed by atoms with Gasteiger partial charge in [0.1, 0.15) is 0 Å². The summed E-state index contributed by atoms with van der Waals surface area (Å²) in [5.41, 5.74) is 2.34. The molecule has 130 valence electrons. The van der Waals surface area contributed by atoms with Crippen LogP contribution in [0.1, 0.15) is 75.1 Å². The number of aryl methyl sites for hydroxylation is 2. The SMILES string of the molecule is O=C(NC1CCC(n2nc3c(cc2=O)CCCC3)CC1)C1CCC1. The maximum Gasteiger partial charge on any atom is 0.267 e. The van der Waals surface area contributed by atoms with Gasteiger partial charge in [-0.3, -0.25) is 9.59 Å². The highest BCUT2D eigenvalue weighted by Gasteiger charge is 2.30. The molecule has 2 fully saturated rings. The van der Waals surface area contributed by atoms with Crippen LogP contribution in [0.4, 0.5) is 0 Å². The van der Waals surface area contributed by atoms with E-state index in [1.807, 2.05) is 6.07 Å². The Morgan fingerprint density at radius 1 is 1.04 bits per heavy atom. The monoisotopic (exact) mass is 329 g/mol. The number of aromatic nitrogens is 2. The molecule has 1 aromatic rings. The molecule has 5 nitrogen and oxygen atoms in total. The zero-order chi connectivity index (χ0) is 16.5. The molecule has 0 bridgehead atoms. The summed E-state index contributed by atoms with van der Waals surface area (Å²) in [6, 6.07) is 2.29. The zero-order valence-corrected chi connectivity index (χ0v) is 14.3. The molecule has 3 aliphatic carbocycles. The van der Waals surface area contributed by atoms with Gasteiger partial charge >= 0.3 is 0 Å². The van der Waals surface area contributed by atoms with Gasteiger partial charge in [-0.15, -0.1) is 0 Å². The molecule has 1 amide bonds. The normalized spacial score (nSPS) is 27.2. The summed E-state index contributed by atoms with van der Waals surface area (Å²) >= 11 is 0. The second-order valence-corrected chi connectivity index (χ2v) is 7.75. The number of carbonyl (C=O) groups is 1. The topological polar surface area (TPSA) is 64.0 Å². The van der Waals surface area contributed by atoms with Crippen molar-refractivity contribution in [3.63, 3.8) is 0 Å². The fourth-order valence-corrected chi connectivity index (χ4v) is 4.29. The third-order valence-electron chi connectivity index (χ3n) is 6.10. The predicted octanol–water partition coefficient (Wildman–Crippen LogP) is 2.52. The number of rotatable bonds is 3. The highest BCUT2D eigenvalue weighted by atomic mass is 16.2. The second-order valence-electron chi connectivity index (χ2n) is 7.75. The molecule has 0 aromatic carbocycles. The Bertz CT molecular complexity index is 670. The van der Waals surface area contributed by atoms with E-state index in [9.17, 15) is 9.59 Å². The molecule has 1 heterocycles. The Hall–Kier alpha value is -1.65. The van der Waals surface area contributed by atoms with Gasteiger partial charge in [0, 0.05) is 18.0 Å². The van der Waals surface area contributed by atoms with Crippen LogP contribution in [-0.2, 0) is 17.6 Å². The number of nitrogens with one attached hydrogen (secondary N) is 1. The second kappa shape index (κ2) is 6.69. The van der Waals surface area contributed by atoms with Gasteiger partial charge in [-0.1, -0.05) is 6.42 Å². The standard InChI is InChI=1S/C19H27N3O2/c23-18-12-14-4-1-2-7-17(14)21-22(18)16-10-8-15(9-11-16)20-19(24)13-5-3-6-13/h12-13,15-16H,1-11H2,(H,20,24). The predicted molar refractivity (Wildman–Crippen MR) is 91.9 cm³/mol. The van der Waals surface area contributed by atoms with Crippen LogP contribution in [0.2, 0.25) is 0 Å². The molecule has 1 aromatic heterocycles.